The number of urea groups is 1. The first-order chi connectivity index (χ1) is 17.1. The Hall–Kier alpha value is -3.92. The second-order valence-corrected chi connectivity index (χ2v) is 9.39. The number of piperidine rings is 1. The van der Waals surface area contributed by atoms with Gasteiger partial charge in [0.1, 0.15) is 11.8 Å². The molecule has 11 heteroatoms. The summed E-state index contributed by atoms with van der Waals surface area (Å²) in [5.41, 5.74) is 1.38. The number of hydrogen-bond donors (Lipinski definition) is 3. The van der Waals surface area contributed by atoms with Gasteiger partial charge in [0.05, 0.1) is 22.8 Å². The van der Waals surface area contributed by atoms with E-state index in [0.29, 0.717) is 34.5 Å². The number of halogens is 1. The minimum absolute atomic E-state index is 0.0486. The maximum absolute atomic E-state index is 12.9. The standard InChI is InChI=1S/C25H25ClN4O6/c1-13(2)12-36-20-7-4-15(10-18(20)26)28-25(35)27-11-14-3-5-16-17(9-14)24(34)30(23(16)33)19-6-8-21(31)29-22(19)32/h3-5,7,9-10,13,19H,6,8,11-12H2,1-2H3,(H2,27,28,35)(H,29,31,32). The topological polar surface area (TPSA) is 134 Å². The predicted octanol–water partition coefficient (Wildman–Crippen LogP) is 3.10. The molecule has 1 unspecified atom stereocenters. The molecule has 0 radical (unpaired) electrons. The number of nitrogens with one attached hydrogen (secondary N) is 3. The van der Waals surface area contributed by atoms with E-state index < -0.39 is 35.7 Å². The molecule has 6 amide bonds. The minimum atomic E-state index is -1.03. The van der Waals surface area contributed by atoms with E-state index in [1.54, 1.807) is 24.3 Å². The Morgan fingerprint density at radius 1 is 1.11 bits per heavy atom. The van der Waals surface area contributed by atoms with Crippen molar-refractivity contribution in [1.82, 2.24) is 15.5 Å². The molecular weight excluding hydrogens is 488 g/mol. The molecule has 0 aliphatic carbocycles. The summed E-state index contributed by atoms with van der Waals surface area (Å²) in [5, 5.41) is 7.90. The van der Waals surface area contributed by atoms with E-state index in [1.807, 2.05) is 13.8 Å². The van der Waals surface area contributed by atoms with Gasteiger partial charge in [0.25, 0.3) is 11.8 Å². The molecule has 0 spiro atoms. The van der Waals surface area contributed by atoms with E-state index in [-0.39, 0.29) is 30.5 Å². The molecule has 2 aromatic carbocycles. The fourth-order valence-corrected chi connectivity index (χ4v) is 4.17. The molecule has 1 saturated heterocycles. The summed E-state index contributed by atoms with van der Waals surface area (Å²) in [6.45, 7) is 4.66. The Labute approximate surface area is 212 Å². The van der Waals surface area contributed by atoms with Crippen molar-refractivity contribution in [3.05, 3.63) is 58.1 Å². The lowest BCUT2D eigenvalue weighted by Gasteiger charge is -2.27. The first-order valence-electron chi connectivity index (χ1n) is 11.5. The quantitative estimate of drug-likeness (QED) is 0.488. The summed E-state index contributed by atoms with van der Waals surface area (Å²) in [7, 11) is 0. The third-order valence-corrected chi connectivity index (χ3v) is 6.01. The van der Waals surface area contributed by atoms with Crippen LogP contribution >= 0.6 is 11.6 Å². The second kappa shape index (κ2) is 10.4. The summed E-state index contributed by atoms with van der Waals surface area (Å²) < 4.78 is 5.62. The highest BCUT2D eigenvalue weighted by Crippen LogP contribution is 2.29. The first-order valence-corrected chi connectivity index (χ1v) is 11.8. The number of anilines is 1. The van der Waals surface area contributed by atoms with Gasteiger partial charge in [-0.2, -0.15) is 0 Å². The molecule has 2 aliphatic rings. The molecule has 2 aliphatic heterocycles. The second-order valence-electron chi connectivity index (χ2n) is 8.98. The molecule has 2 aromatic rings. The SMILES string of the molecule is CC(C)COc1ccc(NC(=O)NCc2ccc3c(c2)C(=O)N(C2CCC(=O)NC2=O)C3=O)cc1Cl. The minimum Gasteiger partial charge on any atom is -0.492 e. The summed E-state index contributed by atoms with van der Waals surface area (Å²) in [5.74, 6) is -1.42. The monoisotopic (exact) mass is 512 g/mol. The Morgan fingerprint density at radius 3 is 2.56 bits per heavy atom. The van der Waals surface area contributed by atoms with Crippen LogP contribution in [0.4, 0.5) is 10.5 Å². The van der Waals surface area contributed by atoms with Gasteiger partial charge < -0.3 is 15.4 Å². The molecule has 0 saturated carbocycles. The fraction of sp³-hybridized carbons (Fsp3) is 0.320. The van der Waals surface area contributed by atoms with Gasteiger partial charge in [0.2, 0.25) is 11.8 Å². The van der Waals surface area contributed by atoms with Crippen LogP contribution in [-0.4, -0.2) is 47.2 Å². The zero-order chi connectivity index (χ0) is 26.0. The number of fused-ring (bicyclic) bond motifs is 1. The van der Waals surface area contributed by atoms with Gasteiger partial charge in [-0.25, -0.2) is 4.79 Å². The Balaban J connectivity index is 1.37. The summed E-state index contributed by atoms with van der Waals surface area (Å²) in [4.78, 5) is 62.6. The summed E-state index contributed by atoms with van der Waals surface area (Å²) in [6, 6.07) is 8.04. The molecule has 1 atom stereocenters. The van der Waals surface area contributed by atoms with Gasteiger partial charge >= 0.3 is 6.03 Å². The molecule has 1 fully saturated rings. The molecule has 0 bridgehead atoms. The molecule has 0 aromatic heterocycles. The maximum atomic E-state index is 12.9. The highest BCUT2D eigenvalue weighted by Gasteiger charge is 2.44. The van der Waals surface area contributed by atoms with Crippen LogP contribution in [0.5, 0.6) is 5.75 Å². The highest BCUT2D eigenvalue weighted by atomic mass is 35.5. The van der Waals surface area contributed by atoms with Crippen molar-refractivity contribution < 1.29 is 28.7 Å². The van der Waals surface area contributed by atoms with Crippen LogP contribution < -0.4 is 20.7 Å². The summed E-state index contributed by atoms with van der Waals surface area (Å²) >= 11 is 6.23. The number of carbonyl (C=O) groups is 5. The van der Waals surface area contributed by atoms with E-state index in [4.69, 9.17) is 16.3 Å². The fourth-order valence-electron chi connectivity index (χ4n) is 3.94. The smallest absolute Gasteiger partial charge is 0.319 e. The van der Waals surface area contributed by atoms with Crippen molar-refractivity contribution in [2.24, 2.45) is 5.92 Å². The van der Waals surface area contributed by atoms with Crippen molar-refractivity contribution in [1.29, 1.82) is 0 Å². The first kappa shape index (κ1) is 25.2. The molecule has 36 heavy (non-hydrogen) atoms. The largest absolute Gasteiger partial charge is 0.492 e. The van der Waals surface area contributed by atoms with Gasteiger partial charge in [-0.05, 0) is 48.2 Å². The predicted molar refractivity (Wildman–Crippen MR) is 131 cm³/mol. The lowest BCUT2D eigenvalue weighted by Crippen LogP contribution is -2.54. The molecular formula is C25H25ClN4O6. The van der Waals surface area contributed by atoms with E-state index in [9.17, 15) is 24.0 Å². The van der Waals surface area contributed by atoms with Crippen molar-refractivity contribution in [2.75, 3.05) is 11.9 Å². The normalized spacial score (nSPS) is 17.2. The van der Waals surface area contributed by atoms with E-state index in [1.165, 1.54) is 12.1 Å². The van der Waals surface area contributed by atoms with Crippen LogP contribution in [0.25, 0.3) is 0 Å². The number of benzene rings is 2. The average molecular weight is 513 g/mol. The zero-order valence-corrected chi connectivity index (χ0v) is 20.5. The number of imide groups is 2. The number of amides is 6. The molecule has 188 valence electrons. The van der Waals surface area contributed by atoms with Gasteiger partial charge in [0, 0.05) is 18.7 Å². The van der Waals surface area contributed by atoms with Crippen LogP contribution in [0.15, 0.2) is 36.4 Å². The Bertz CT molecular complexity index is 1260. The number of hydrogen-bond acceptors (Lipinski definition) is 6. The third-order valence-electron chi connectivity index (χ3n) is 5.72. The molecule has 3 N–H and O–H groups in total. The van der Waals surface area contributed by atoms with Crippen molar-refractivity contribution in [3.63, 3.8) is 0 Å². The van der Waals surface area contributed by atoms with Crippen molar-refractivity contribution in [3.8, 4) is 5.75 Å². The summed E-state index contributed by atoms with van der Waals surface area (Å²) in [6.07, 6.45) is 0.132. The van der Waals surface area contributed by atoms with Crippen LogP contribution in [-0.2, 0) is 16.1 Å². The number of carbonyl (C=O) groups excluding carboxylic acids is 5. The van der Waals surface area contributed by atoms with Crippen LogP contribution in [0, 0.1) is 5.92 Å². The van der Waals surface area contributed by atoms with E-state index >= 15 is 0 Å². The van der Waals surface area contributed by atoms with Crippen LogP contribution in [0.1, 0.15) is 53.0 Å². The highest BCUT2D eigenvalue weighted by molar-refractivity contribution is 6.32. The lowest BCUT2D eigenvalue weighted by atomic mass is 10.0. The average Bonchev–Trinajstić information content (AvgIpc) is 3.07. The van der Waals surface area contributed by atoms with Crippen LogP contribution in [0.3, 0.4) is 0 Å². The zero-order valence-electron chi connectivity index (χ0n) is 19.7. The van der Waals surface area contributed by atoms with Crippen molar-refractivity contribution >= 4 is 46.9 Å². The van der Waals surface area contributed by atoms with Gasteiger partial charge in [-0.15, -0.1) is 0 Å². The molecule has 2 heterocycles. The number of ether oxygens (including phenoxy) is 1. The number of nitrogens with zero attached hydrogens (tertiary/aromatic N) is 1. The van der Waals surface area contributed by atoms with Gasteiger partial charge in [-0.1, -0.05) is 31.5 Å². The Kier molecular flexibility index (Phi) is 7.25. The molecule has 10 nitrogen and oxygen atoms in total. The number of rotatable bonds is 7. The van der Waals surface area contributed by atoms with Crippen LogP contribution in [0.2, 0.25) is 5.02 Å². The third kappa shape index (κ3) is 5.33. The van der Waals surface area contributed by atoms with E-state index in [0.717, 1.165) is 4.90 Å². The Morgan fingerprint density at radius 2 is 1.86 bits per heavy atom. The van der Waals surface area contributed by atoms with E-state index in [2.05, 4.69) is 16.0 Å². The lowest BCUT2D eigenvalue weighted by molar-refractivity contribution is -0.136. The van der Waals surface area contributed by atoms with Crippen molar-refractivity contribution in [2.45, 2.75) is 39.3 Å². The van der Waals surface area contributed by atoms with Gasteiger partial charge in [-0.3, -0.25) is 29.4 Å². The molecule has 4 rings (SSSR count). The maximum Gasteiger partial charge on any atom is 0.319 e. The van der Waals surface area contributed by atoms with Gasteiger partial charge in [0.15, 0.2) is 0 Å².